The molecule has 2 heterocycles. The number of imidazole rings is 1. The fraction of sp³-hybridized carbons (Fsp3) is 0.214. The smallest absolute Gasteiger partial charge is 0.156 e. The van der Waals surface area contributed by atoms with Crippen LogP contribution >= 0.6 is 0 Å². The van der Waals surface area contributed by atoms with Crippen molar-refractivity contribution in [1.29, 1.82) is 0 Å². The zero-order chi connectivity index (χ0) is 11.8. The van der Waals surface area contributed by atoms with Gasteiger partial charge in [0.15, 0.2) is 5.65 Å². The standard InChI is InChI=1S/C14H15N3/c1-10(2)12-13(11-6-4-3-5-7-11)16-17-9-8-15-14(12)17/h3-10,16H,1-2H3. The van der Waals surface area contributed by atoms with E-state index in [2.05, 4.69) is 48.2 Å². The molecule has 0 aliphatic carbocycles. The molecule has 86 valence electrons. The molecule has 0 aliphatic heterocycles. The molecule has 0 amide bonds. The highest BCUT2D eigenvalue weighted by molar-refractivity contribution is 5.71. The van der Waals surface area contributed by atoms with Crippen LogP contribution < -0.4 is 0 Å². The highest BCUT2D eigenvalue weighted by atomic mass is 15.3. The van der Waals surface area contributed by atoms with E-state index in [1.807, 2.05) is 23.0 Å². The summed E-state index contributed by atoms with van der Waals surface area (Å²) < 4.78 is 1.98. The lowest BCUT2D eigenvalue weighted by Gasteiger charge is -2.06. The number of fused-ring (bicyclic) bond motifs is 1. The molecule has 0 bridgehead atoms. The van der Waals surface area contributed by atoms with Gasteiger partial charge >= 0.3 is 0 Å². The Morgan fingerprint density at radius 2 is 1.94 bits per heavy atom. The van der Waals surface area contributed by atoms with E-state index in [0.29, 0.717) is 5.92 Å². The summed E-state index contributed by atoms with van der Waals surface area (Å²) in [4.78, 5) is 4.42. The minimum atomic E-state index is 0.446. The van der Waals surface area contributed by atoms with Crippen molar-refractivity contribution in [2.45, 2.75) is 19.8 Å². The van der Waals surface area contributed by atoms with Gasteiger partial charge in [0.1, 0.15) is 0 Å². The normalized spacial score (nSPS) is 11.5. The third-order valence-electron chi connectivity index (χ3n) is 3.02. The first-order chi connectivity index (χ1) is 8.27. The summed E-state index contributed by atoms with van der Waals surface area (Å²) in [5.41, 5.74) is 4.69. The summed E-state index contributed by atoms with van der Waals surface area (Å²) in [6.07, 6.45) is 3.78. The molecule has 0 aliphatic rings. The zero-order valence-corrected chi connectivity index (χ0v) is 10.0. The van der Waals surface area contributed by atoms with Crippen LogP contribution in [0, 0.1) is 0 Å². The van der Waals surface area contributed by atoms with Crippen LogP contribution in [0.25, 0.3) is 16.9 Å². The summed E-state index contributed by atoms with van der Waals surface area (Å²) in [5.74, 6) is 0.446. The van der Waals surface area contributed by atoms with Gasteiger partial charge in [-0.1, -0.05) is 44.2 Å². The molecule has 3 aromatic rings. The molecule has 0 spiro atoms. The highest BCUT2D eigenvalue weighted by Gasteiger charge is 2.16. The number of hydrogen-bond donors (Lipinski definition) is 1. The number of hydrogen-bond acceptors (Lipinski definition) is 1. The van der Waals surface area contributed by atoms with Gasteiger partial charge in [-0.05, 0) is 11.5 Å². The zero-order valence-electron chi connectivity index (χ0n) is 10.0. The Bertz CT molecular complexity index is 632. The highest BCUT2D eigenvalue weighted by Crippen LogP contribution is 2.30. The lowest BCUT2D eigenvalue weighted by atomic mass is 9.99. The van der Waals surface area contributed by atoms with E-state index < -0.39 is 0 Å². The Morgan fingerprint density at radius 1 is 1.18 bits per heavy atom. The Kier molecular flexibility index (Phi) is 2.25. The second-order valence-electron chi connectivity index (χ2n) is 4.54. The molecule has 0 saturated heterocycles. The Morgan fingerprint density at radius 3 is 2.65 bits per heavy atom. The second-order valence-corrected chi connectivity index (χ2v) is 4.54. The summed E-state index contributed by atoms with van der Waals surface area (Å²) in [5, 5.41) is 3.40. The van der Waals surface area contributed by atoms with Crippen LogP contribution in [-0.4, -0.2) is 14.6 Å². The predicted octanol–water partition coefficient (Wildman–Crippen LogP) is 3.45. The quantitative estimate of drug-likeness (QED) is 0.712. The minimum Gasteiger partial charge on any atom is -0.292 e. The van der Waals surface area contributed by atoms with Crippen LogP contribution in [0.3, 0.4) is 0 Å². The maximum Gasteiger partial charge on any atom is 0.156 e. The van der Waals surface area contributed by atoms with Gasteiger partial charge in [-0.25, -0.2) is 9.50 Å². The second kappa shape index (κ2) is 3.77. The number of aromatic nitrogens is 3. The molecule has 2 aromatic heterocycles. The van der Waals surface area contributed by atoms with Crippen molar-refractivity contribution in [3.05, 3.63) is 48.3 Å². The maximum absolute atomic E-state index is 4.42. The van der Waals surface area contributed by atoms with Crippen LogP contribution in [0.5, 0.6) is 0 Å². The first kappa shape index (κ1) is 10.1. The Labute approximate surface area is 100 Å². The summed E-state index contributed by atoms with van der Waals surface area (Å²) in [6, 6.07) is 10.4. The number of aromatic amines is 1. The fourth-order valence-electron chi connectivity index (χ4n) is 2.26. The van der Waals surface area contributed by atoms with Crippen molar-refractivity contribution in [3.63, 3.8) is 0 Å². The number of rotatable bonds is 2. The largest absolute Gasteiger partial charge is 0.292 e. The summed E-state index contributed by atoms with van der Waals surface area (Å²) in [6.45, 7) is 4.40. The average molecular weight is 225 g/mol. The SMILES string of the molecule is CC(C)c1c(-c2ccccc2)[nH]n2ccnc12. The van der Waals surface area contributed by atoms with Crippen molar-refractivity contribution in [2.75, 3.05) is 0 Å². The van der Waals surface area contributed by atoms with Gasteiger partial charge in [0, 0.05) is 18.0 Å². The number of nitrogens with one attached hydrogen (secondary N) is 1. The first-order valence-electron chi connectivity index (χ1n) is 5.87. The van der Waals surface area contributed by atoms with E-state index in [4.69, 9.17) is 0 Å². The van der Waals surface area contributed by atoms with Crippen molar-refractivity contribution in [1.82, 2.24) is 14.6 Å². The van der Waals surface area contributed by atoms with Crippen molar-refractivity contribution < 1.29 is 0 Å². The van der Waals surface area contributed by atoms with Crippen LogP contribution in [0.1, 0.15) is 25.3 Å². The van der Waals surface area contributed by atoms with Crippen LogP contribution in [0.4, 0.5) is 0 Å². The molecule has 0 radical (unpaired) electrons. The maximum atomic E-state index is 4.42. The molecule has 0 atom stereocenters. The molecular weight excluding hydrogens is 210 g/mol. The van der Waals surface area contributed by atoms with E-state index in [9.17, 15) is 0 Å². The van der Waals surface area contributed by atoms with Crippen molar-refractivity contribution in [2.24, 2.45) is 0 Å². The molecule has 1 aromatic carbocycles. The van der Waals surface area contributed by atoms with Crippen molar-refractivity contribution >= 4 is 5.65 Å². The van der Waals surface area contributed by atoms with E-state index in [1.165, 1.54) is 16.8 Å². The Hall–Kier alpha value is -2.03. The van der Waals surface area contributed by atoms with E-state index in [1.54, 1.807) is 0 Å². The molecule has 0 unspecified atom stereocenters. The monoisotopic (exact) mass is 225 g/mol. The molecule has 3 rings (SSSR count). The van der Waals surface area contributed by atoms with Crippen LogP contribution in [0.15, 0.2) is 42.7 Å². The van der Waals surface area contributed by atoms with Crippen molar-refractivity contribution in [3.8, 4) is 11.3 Å². The fourth-order valence-corrected chi connectivity index (χ4v) is 2.26. The van der Waals surface area contributed by atoms with Crippen LogP contribution in [-0.2, 0) is 0 Å². The first-order valence-corrected chi connectivity index (χ1v) is 5.87. The number of H-pyrrole nitrogens is 1. The molecule has 1 N–H and O–H groups in total. The molecule has 0 fully saturated rings. The van der Waals surface area contributed by atoms with Gasteiger partial charge in [-0.15, -0.1) is 0 Å². The lowest BCUT2D eigenvalue weighted by Crippen LogP contribution is -1.90. The molecular formula is C14H15N3. The average Bonchev–Trinajstić information content (AvgIpc) is 2.88. The van der Waals surface area contributed by atoms with Gasteiger partial charge in [-0.3, -0.25) is 5.10 Å². The lowest BCUT2D eigenvalue weighted by molar-refractivity contribution is 0.875. The molecule has 0 saturated carbocycles. The number of nitrogens with zero attached hydrogens (tertiary/aromatic N) is 2. The van der Waals surface area contributed by atoms with Crippen LogP contribution in [0.2, 0.25) is 0 Å². The van der Waals surface area contributed by atoms with Gasteiger partial charge < -0.3 is 0 Å². The predicted molar refractivity (Wildman–Crippen MR) is 69.1 cm³/mol. The van der Waals surface area contributed by atoms with Gasteiger partial charge in [0.25, 0.3) is 0 Å². The van der Waals surface area contributed by atoms with E-state index in [0.717, 1.165) is 5.65 Å². The van der Waals surface area contributed by atoms with Gasteiger partial charge in [0.05, 0.1) is 5.69 Å². The topological polar surface area (TPSA) is 33.1 Å². The molecule has 17 heavy (non-hydrogen) atoms. The molecule has 3 heteroatoms. The third-order valence-corrected chi connectivity index (χ3v) is 3.02. The summed E-state index contributed by atoms with van der Waals surface area (Å²) in [7, 11) is 0. The van der Waals surface area contributed by atoms with E-state index in [-0.39, 0.29) is 0 Å². The molecule has 3 nitrogen and oxygen atoms in total. The minimum absolute atomic E-state index is 0.446. The van der Waals surface area contributed by atoms with E-state index >= 15 is 0 Å². The van der Waals surface area contributed by atoms with Gasteiger partial charge in [-0.2, -0.15) is 0 Å². The van der Waals surface area contributed by atoms with Gasteiger partial charge in [0.2, 0.25) is 0 Å². The third kappa shape index (κ3) is 1.55. The summed E-state index contributed by atoms with van der Waals surface area (Å²) >= 11 is 0. The number of benzene rings is 1. The Balaban J connectivity index is 2.29.